The highest BCUT2D eigenvalue weighted by atomic mass is 35.5. The van der Waals surface area contributed by atoms with E-state index < -0.39 is 6.04 Å². The molecule has 102 valence electrons. The molecule has 3 aromatic rings. The van der Waals surface area contributed by atoms with Gasteiger partial charge in [-0.25, -0.2) is 9.82 Å². The number of hydrazine groups is 1. The van der Waals surface area contributed by atoms with Gasteiger partial charge in [-0.3, -0.25) is 5.84 Å². The molecule has 0 bridgehead atoms. The van der Waals surface area contributed by atoms with Crippen LogP contribution in [0.25, 0.3) is 11.0 Å². The second kappa shape index (κ2) is 5.25. The largest absolute Gasteiger partial charge is 0.459 e. The van der Waals surface area contributed by atoms with Gasteiger partial charge in [-0.05, 0) is 30.3 Å². The molecule has 0 fully saturated rings. The van der Waals surface area contributed by atoms with E-state index in [4.69, 9.17) is 21.9 Å². The number of halogens is 2. The molecule has 0 saturated carbocycles. The van der Waals surface area contributed by atoms with Crippen LogP contribution >= 0.6 is 11.6 Å². The van der Waals surface area contributed by atoms with Crippen LogP contribution in [0, 0.1) is 5.82 Å². The Morgan fingerprint density at radius 2 is 1.95 bits per heavy atom. The lowest BCUT2D eigenvalue weighted by Gasteiger charge is -2.14. The lowest BCUT2D eigenvalue weighted by atomic mass is 10.0. The van der Waals surface area contributed by atoms with Crippen LogP contribution in [-0.4, -0.2) is 0 Å². The van der Waals surface area contributed by atoms with Gasteiger partial charge in [0.1, 0.15) is 23.2 Å². The summed E-state index contributed by atoms with van der Waals surface area (Å²) in [5.41, 5.74) is 3.70. The minimum absolute atomic E-state index is 0.339. The minimum atomic E-state index is -0.553. The van der Waals surface area contributed by atoms with Crippen LogP contribution in [0.4, 0.5) is 4.39 Å². The highest BCUT2D eigenvalue weighted by molar-refractivity contribution is 6.31. The molecule has 0 aliphatic carbocycles. The molecule has 0 radical (unpaired) electrons. The third-order valence-electron chi connectivity index (χ3n) is 3.16. The SMILES string of the molecule is NNC(c1cc2cc(Cl)ccc2o1)c1ccccc1F. The van der Waals surface area contributed by atoms with Crippen molar-refractivity contribution < 1.29 is 8.81 Å². The summed E-state index contributed by atoms with van der Waals surface area (Å²) in [5.74, 6) is 5.75. The molecule has 0 amide bonds. The minimum Gasteiger partial charge on any atom is -0.459 e. The maximum atomic E-state index is 13.9. The molecular weight excluding hydrogens is 279 g/mol. The number of nitrogens with two attached hydrogens (primary N) is 1. The van der Waals surface area contributed by atoms with Crippen molar-refractivity contribution in [2.24, 2.45) is 5.84 Å². The molecule has 0 saturated heterocycles. The number of benzene rings is 2. The first-order valence-electron chi connectivity index (χ1n) is 6.08. The smallest absolute Gasteiger partial charge is 0.134 e. The zero-order chi connectivity index (χ0) is 14.1. The van der Waals surface area contributed by atoms with Gasteiger partial charge in [0.05, 0.1) is 0 Å². The third kappa shape index (κ3) is 2.29. The molecule has 5 heteroatoms. The van der Waals surface area contributed by atoms with Gasteiger partial charge in [0.2, 0.25) is 0 Å². The predicted molar refractivity (Wildman–Crippen MR) is 76.8 cm³/mol. The van der Waals surface area contributed by atoms with Crippen molar-refractivity contribution in [1.82, 2.24) is 5.43 Å². The normalized spacial score (nSPS) is 12.8. The highest BCUT2D eigenvalue weighted by Gasteiger charge is 2.20. The Kier molecular flexibility index (Phi) is 3.44. The van der Waals surface area contributed by atoms with Gasteiger partial charge < -0.3 is 4.42 Å². The van der Waals surface area contributed by atoms with Crippen LogP contribution in [0.2, 0.25) is 5.02 Å². The number of nitrogens with one attached hydrogen (secondary N) is 1. The van der Waals surface area contributed by atoms with Crippen LogP contribution in [0.3, 0.4) is 0 Å². The van der Waals surface area contributed by atoms with Crippen LogP contribution in [-0.2, 0) is 0 Å². The van der Waals surface area contributed by atoms with E-state index in [2.05, 4.69) is 5.43 Å². The van der Waals surface area contributed by atoms with Crippen molar-refractivity contribution in [3.8, 4) is 0 Å². The highest BCUT2D eigenvalue weighted by Crippen LogP contribution is 2.30. The van der Waals surface area contributed by atoms with Gasteiger partial charge >= 0.3 is 0 Å². The van der Waals surface area contributed by atoms with Crippen molar-refractivity contribution in [1.29, 1.82) is 0 Å². The Morgan fingerprint density at radius 1 is 1.15 bits per heavy atom. The van der Waals surface area contributed by atoms with E-state index in [0.29, 0.717) is 21.9 Å². The summed E-state index contributed by atoms with van der Waals surface area (Å²) in [5, 5.41) is 1.47. The first-order chi connectivity index (χ1) is 9.69. The average molecular weight is 291 g/mol. The monoisotopic (exact) mass is 290 g/mol. The van der Waals surface area contributed by atoms with Crippen molar-refractivity contribution >= 4 is 22.6 Å². The van der Waals surface area contributed by atoms with E-state index in [0.717, 1.165) is 5.39 Å². The Morgan fingerprint density at radius 3 is 2.70 bits per heavy atom. The average Bonchev–Trinajstić information content (AvgIpc) is 2.84. The second-order valence-corrected chi connectivity index (χ2v) is 4.89. The topological polar surface area (TPSA) is 51.2 Å². The Balaban J connectivity index is 2.10. The van der Waals surface area contributed by atoms with Gasteiger partial charge in [-0.1, -0.05) is 29.8 Å². The Bertz CT molecular complexity index is 756. The quantitative estimate of drug-likeness (QED) is 0.570. The number of fused-ring (bicyclic) bond motifs is 1. The molecular formula is C15H12ClFN2O. The molecule has 0 aliphatic heterocycles. The molecule has 3 nitrogen and oxygen atoms in total. The van der Waals surface area contributed by atoms with E-state index in [1.807, 2.05) is 0 Å². The van der Waals surface area contributed by atoms with E-state index in [1.165, 1.54) is 6.07 Å². The lowest BCUT2D eigenvalue weighted by Crippen LogP contribution is -2.29. The Hall–Kier alpha value is -1.88. The number of rotatable bonds is 3. The van der Waals surface area contributed by atoms with Crippen molar-refractivity contribution in [3.63, 3.8) is 0 Å². The molecule has 20 heavy (non-hydrogen) atoms. The van der Waals surface area contributed by atoms with E-state index in [-0.39, 0.29) is 5.82 Å². The van der Waals surface area contributed by atoms with Crippen LogP contribution in [0.5, 0.6) is 0 Å². The fraction of sp³-hybridized carbons (Fsp3) is 0.0667. The summed E-state index contributed by atoms with van der Waals surface area (Å²) in [4.78, 5) is 0. The molecule has 3 rings (SSSR count). The lowest BCUT2D eigenvalue weighted by molar-refractivity contribution is 0.462. The van der Waals surface area contributed by atoms with E-state index in [1.54, 1.807) is 42.5 Å². The van der Waals surface area contributed by atoms with Crippen molar-refractivity contribution in [3.05, 3.63) is 70.7 Å². The Labute approximate surface area is 120 Å². The first-order valence-corrected chi connectivity index (χ1v) is 6.46. The molecule has 1 heterocycles. The van der Waals surface area contributed by atoms with Crippen molar-refractivity contribution in [2.75, 3.05) is 0 Å². The number of hydrogen-bond acceptors (Lipinski definition) is 3. The maximum absolute atomic E-state index is 13.9. The molecule has 0 aliphatic rings. The molecule has 1 unspecified atom stereocenters. The zero-order valence-electron chi connectivity index (χ0n) is 10.4. The predicted octanol–water partition coefficient (Wildman–Crippen LogP) is 3.78. The summed E-state index contributed by atoms with van der Waals surface area (Å²) in [6.07, 6.45) is 0. The summed E-state index contributed by atoms with van der Waals surface area (Å²) < 4.78 is 19.6. The van der Waals surface area contributed by atoms with Crippen LogP contribution < -0.4 is 11.3 Å². The van der Waals surface area contributed by atoms with E-state index >= 15 is 0 Å². The van der Waals surface area contributed by atoms with Crippen LogP contribution in [0.1, 0.15) is 17.4 Å². The zero-order valence-corrected chi connectivity index (χ0v) is 11.2. The third-order valence-corrected chi connectivity index (χ3v) is 3.40. The molecule has 1 atom stereocenters. The van der Waals surface area contributed by atoms with Gasteiger partial charge in [0, 0.05) is 16.0 Å². The maximum Gasteiger partial charge on any atom is 0.134 e. The first kappa shape index (κ1) is 13.1. The van der Waals surface area contributed by atoms with Gasteiger partial charge in [-0.2, -0.15) is 0 Å². The molecule has 1 aromatic heterocycles. The summed E-state index contributed by atoms with van der Waals surface area (Å²) in [7, 11) is 0. The number of furan rings is 1. The molecule has 2 aromatic carbocycles. The molecule has 0 spiro atoms. The van der Waals surface area contributed by atoms with Gasteiger partial charge in [-0.15, -0.1) is 0 Å². The number of hydrogen-bond donors (Lipinski definition) is 2. The fourth-order valence-electron chi connectivity index (χ4n) is 2.21. The van der Waals surface area contributed by atoms with E-state index in [9.17, 15) is 4.39 Å². The van der Waals surface area contributed by atoms with Crippen LogP contribution in [0.15, 0.2) is 52.9 Å². The molecule has 3 N–H and O–H groups in total. The summed E-state index contributed by atoms with van der Waals surface area (Å²) in [6.45, 7) is 0. The summed E-state index contributed by atoms with van der Waals surface area (Å²) in [6, 6.07) is 13.0. The standard InChI is InChI=1S/C15H12ClFN2O/c16-10-5-6-13-9(7-10)8-14(20-13)15(19-18)11-3-1-2-4-12(11)17/h1-8,15,19H,18H2. The summed E-state index contributed by atoms with van der Waals surface area (Å²) >= 11 is 5.94. The second-order valence-electron chi connectivity index (χ2n) is 4.45. The van der Waals surface area contributed by atoms with Gasteiger partial charge in [0.25, 0.3) is 0 Å². The van der Waals surface area contributed by atoms with Crippen molar-refractivity contribution in [2.45, 2.75) is 6.04 Å². The van der Waals surface area contributed by atoms with Gasteiger partial charge in [0.15, 0.2) is 0 Å². The fourth-order valence-corrected chi connectivity index (χ4v) is 2.39.